The predicted molar refractivity (Wildman–Crippen MR) is 74.1 cm³/mol. The van der Waals surface area contributed by atoms with E-state index in [2.05, 4.69) is 25.1 Å². The second-order valence-corrected chi connectivity index (χ2v) is 4.59. The number of piperazine rings is 1. The third kappa shape index (κ3) is 3.65. The number of rotatable bonds is 4. The van der Waals surface area contributed by atoms with Gasteiger partial charge in [-0.05, 0) is 6.92 Å². The fourth-order valence-electron chi connectivity index (χ4n) is 2.13. The highest BCUT2D eigenvalue weighted by molar-refractivity contribution is 5.77. The quantitative estimate of drug-likeness (QED) is 0.804. The van der Waals surface area contributed by atoms with Crippen molar-refractivity contribution in [1.29, 1.82) is 5.26 Å². The van der Waals surface area contributed by atoms with Gasteiger partial charge in [-0.25, -0.2) is 9.97 Å². The summed E-state index contributed by atoms with van der Waals surface area (Å²) in [4.78, 5) is 24.0. The summed E-state index contributed by atoms with van der Waals surface area (Å²) in [6, 6.07) is 1.95. The first-order valence-electron chi connectivity index (χ1n) is 6.69. The highest BCUT2D eigenvalue weighted by Crippen LogP contribution is 2.11. The van der Waals surface area contributed by atoms with Crippen molar-refractivity contribution in [3.63, 3.8) is 0 Å². The minimum absolute atomic E-state index is 0.0686. The number of anilines is 1. The molecule has 7 heteroatoms. The lowest BCUT2D eigenvalue weighted by molar-refractivity contribution is -0.122. The Morgan fingerprint density at radius 2 is 2.10 bits per heavy atom. The second-order valence-electron chi connectivity index (χ2n) is 4.59. The molecule has 2 rings (SSSR count). The van der Waals surface area contributed by atoms with Gasteiger partial charge in [-0.2, -0.15) is 5.26 Å². The molecule has 20 heavy (non-hydrogen) atoms. The average Bonchev–Trinajstić information content (AvgIpc) is 2.48. The van der Waals surface area contributed by atoms with Gasteiger partial charge in [0.25, 0.3) is 0 Å². The Kier molecular flexibility index (Phi) is 4.85. The largest absolute Gasteiger partial charge is 0.355 e. The number of nitrogens with one attached hydrogen (secondary N) is 1. The Labute approximate surface area is 118 Å². The van der Waals surface area contributed by atoms with Gasteiger partial charge in [0.2, 0.25) is 5.91 Å². The zero-order chi connectivity index (χ0) is 14.4. The monoisotopic (exact) mass is 274 g/mol. The number of carbonyl (C=O) groups excluding carboxylic acids is 1. The minimum Gasteiger partial charge on any atom is -0.355 e. The van der Waals surface area contributed by atoms with Crippen molar-refractivity contribution < 1.29 is 4.79 Å². The molecule has 1 N–H and O–H groups in total. The molecule has 1 fully saturated rings. The number of carbonyl (C=O) groups is 1. The Balaban J connectivity index is 1.84. The van der Waals surface area contributed by atoms with E-state index in [-0.39, 0.29) is 5.91 Å². The van der Waals surface area contributed by atoms with E-state index in [1.165, 1.54) is 6.20 Å². The van der Waals surface area contributed by atoms with Crippen molar-refractivity contribution in [2.45, 2.75) is 6.92 Å². The molecule has 0 radical (unpaired) electrons. The maximum atomic E-state index is 11.5. The van der Waals surface area contributed by atoms with Crippen molar-refractivity contribution in [2.24, 2.45) is 0 Å². The van der Waals surface area contributed by atoms with Crippen LogP contribution in [-0.4, -0.2) is 60.0 Å². The lowest BCUT2D eigenvalue weighted by Crippen LogP contribution is -2.49. The SMILES string of the molecule is CCNC(=O)CN1CCN(c2cnc(C#N)cn2)CC1. The van der Waals surface area contributed by atoms with Crippen molar-refractivity contribution in [3.05, 3.63) is 18.1 Å². The van der Waals surface area contributed by atoms with Crippen LogP contribution in [0.15, 0.2) is 12.4 Å². The molecular weight excluding hydrogens is 256 g/mol. The minimum atomic E-state index is 0.0686. The molecule has 0 atom stereocenters. The van der Waals surface area contributed by atoms with Crippen LogP contribution in [0.5, 0.6) is 0 Å². The van der Waals surface area contributed by atoms with Gasteiger partial charge in [0, 0.05) is 32.7 Å². The van der Waals surface area contributed by atoms with Crippen LogP contribution in [0, 0.1) is 11.3 Å². The zero-order valence-electron chi connectivity index (χ0n) is 11.5. The number of nitriles is 1. The van der Waals surface area contributed by atoms with Gasteiger partial charge in [0.1, 0.15) is 11.9 Å². The van der Waals surface area contributed by atoms with Gasteiger partial charge in [0.05, 0.1) is 18.9 Å². The first-order valence-corrected chi connectivity index (χ1v) is 6.69. The topological polar surface area (TPSA) is 85.2 Å². The van der Waals surface area contributed by atoms with Crippen LogP contribution in [0.1, 0.15) is 12.6 Å². The van der Waals surface area contributed by atoms with Crippen LogP contribution >= 0.6 is 0 Å². The summed E-state index contributed by atoms with van der Waals surface area (Å²) < 4.78 is 0. The summed E-state index contributed by atoms with van der Waals surface area (Å²) in [6.07, 6.45) is 3.11. The lowest BCUT2D eigenvalue weighted by atomic mass is 10.3. The van der Waals surface area contributed by atoms with Gasteiger partial charge >= 0.3 is 0 Å². The summed E-state index contributed by atoms with van der Waals surface area (Å²) in [5, 5.41) is 11.5. The smallest absolute Gasteiger partial charge is 0.234 e. The molecule has 1 amide bonds. The van der Waals surface area contributed by atoms with Crippen LogP contribution in [0.3, 0.4) is 0 Å². The van der Waals surface area contributed by atoms with E-state index in [0.717, 1.165) is 32.0 Å². The Morgan fingerprint density at radius 1 is 1.35 bits per heavy atom. The normalized spacial score (nSPS) is 15.7. The van der Waals surface area contributed by atoms with E-state index >= 15 is 0 Å². The van der Waals surface area contributed by atoms with Crippen molar-refractivity contribution in [2.75, 3.05) is 44.2 Å². The number of likely N-dealkylation sites (N-methyl/N-ethyl adjacent to an activating group) is 1. The Hall–Kier alpha value is -2.20. The van der Waals surface area contributed by atoms with E-state index in [0.29, 0.717) is 18.8 Å². The molecule has 1 aromatic rings. The fourth-order valence-corrected chi connectivity index (χ4v) is 2.13. The number of aromatic nitrogens is 2. The molecule has 2 heterocycles. The second kappa shape index (κ2) is 6.82. The van der Waals surface area contributed by atoms with Gasteiger partial charge in [-0.15, -0.1) is 0 Å². The molecule has 7 nitrogen and oxygen atoms in total. The van der Waals surface area contributed by atoms with Crippen molar-refractivity contribution in [1.82, 2.24) is 20.2 Å². The highest BCUT2D eigenvalue weighted by Gasteiger charge is 2.19. The number of amides is 1. The molecule has 1 aliphatic heterocycles. The fraction of sp³-hybridized carbons (Fsp3) is 0.538. The molecule has 1 saturated heterocycles. The van der Waals surface area contributed by atoms with Crippen LogP contribution in [0.2, 0.25) is 0 Å². The van der Waals surface area contributed by atoms with E-state index in [9.17, 15) is 4.79 Å². The molecule has 106 valence electrons. The van der Waals surface area contributed by atoms with Crippen LogP contribution in [0.25, 0.3) is 0 Å². The molecule has 0 aliphatic carbocycles. The first-order chi connectivity index (χ1) is 9.72. The third-order valence-electron chi connectivity index (χ3n) is 3.19. The molecule has 0 unspecified atom stereocenters. The van der Waals surface area contributed by atoms with Gasteiger partial charge in [0.15, 0.2) is 5.69 Å². The van der Waals surface area contributed by atoms with E-state index in [4.69, 9.17) is 5.26 Å². The summed E-state index contributed by atoms with van der Waals surface area (Å²) in [7, 11) is 0. The highest BCUT2D eigenvalue weighted by atomic mass is 16.2. The Bertz CT molecular complexity index is 487. The van der Waals surface area contributed by atoms with Gasteiger partial charge in [-0.3, -0.25) is 9.69 Å². The summed E-state index contributed by atoms with van der Waals surface area (Å²) in [5.41, 5.74) is 0.323. The maximum Gasteiger partial charge on any atom is 0.234 e. The molecular formula is C13H18N6O. The molecule has 1 aromatic heterocycles. The molecule has 0 spiro atoms. The summed E-state index contributed by atoms with van der Waals surface area (Å²) in [5.74, 6) is 0.848. The van der Waals surface area contributed by atoms with Crippen LogP contribution in [-0.2, 0) is 4.79 Å². The summed E-state index contributed by atoms with van der Waals surface area (Å²) in [6.45, 7) is 6.28. The number of hydrogen-bond acceptors (Lipinski definition) is 6. The maximum absolute atomic E-state index is 11.5. The number of nitrogens with zero attached hydrogens (tertiary/aromatic N) is 5. The van der Waals surface area contributed by atoms with Crippen LogP contribution in [0.4, 0.5) is 5.82 Å². The average molecular weight is 274 g/mol. The standard InChI is InChI=1S/C13H18N6O/c1-2-15-13(20)10-18-3-5-19(6-4-18)12-9-16-11(7-14)8-17-12/h8-9H,2-6,10H2,1H3,(H,15,20). The van der Waals surface area contributed by atoms with Gasteiger partial charge < -0.3 is 10.2 Å². The van der Waals surface area contributed by atoms with Gasteiger partial charge in [-0.1, -0.05) is 0 Å². The zero-order valence-corrected chi connectivity index (χ0v) is 11.5. The molecule has 0 bridgehead atoms. The molecule has 0 aromatic carbocycles. The predicted octanol–water partition coefficient (Wildman–Crippen LogP) is -0.394. The van der Waals surface area contributed by atoms with Crippen molar-refractivity contribution in [3.8, 4) is 6.07 Å². The third-order valence-corrected chi connectivity index (χ3v) is 3.19. The van der Waals surface area contributed by atoms with E-state index in [1.807, 2.05) is 13.0 Å². The summed E-state index contributed by atoms with van der Waals surface area (Å²) >= 11 is 0. The first kappa shape index (κ1) is 14.2. The van der Waals surface area contributed by atoms with E-state index < -0.39 is 0 Å². The molecule has 1 aliphatic rings. The van der Waals surface area contributed by atoms with Crippen LogP contribution < -0.4 is 10.2 Å². The number of hydrogen-bond donors (Lipinski definition) is 1. The lowest BCUT2D eigenvalue weighted by Gasteiger charge is -2.34. The van der Waals surface area contributed by atoms with E-state index in [1.54, 1.807) is 6.20 Å². The van der Waals surface area contributed by atoms with Crippen molar-refractivity contribution >= 4 is 11.7 Å². The Morgan fingerprint density at radius 3 is 2.65 bits per heavy atom. The molecule has 0 saturated carbocycles.